The highest BCUT2D eigenvalue weighted by Gasteiger charge is 2.30. The lowest BCUT2D eigenvalue weighted by Crippen LogP contribution is -2.37. The van der Waals surface area contributed by atoms with Crippen molar-refractivity contribution in [1.29, 1.82) is 0 Å². The Hall–Kier alpha value is -1.65. The highest BCUT2D eigenvalue weighted by molar-refractivity contribution is 7.88. The fraction of sp³-hybridized carbons (Fsp3) is 0.333. The molecule has 0 amide bonds. The topological polar surface area (TPSA) is 46.2 Å². The Morgan fingerprint density at radius 2 is 1.41 bits per heavy atom. The summed E-state index contributed by atoms with van der Waals surface area (Å²) in [6, 6.07) is 18.7. The van der Waals surface area contributed by atoms with Gasteiger partial charge in [-0.1, -0.05) is 81.4 Å². The predicted octanol–water partition coefficient (Wildman–Crippen LogP) is 3.89. The number of rotatable bonds is 5. The van der Waals surface area contributed by atoms with Crippen LogP contribution in [0.1, 0.15) is 37.9 Å². The third-order valence-corrected chi connectivity index (χ3v) is 4.80. The molecule has 1 atom stereocenters. The Bertz CT molecular complexity index is 689. The number of hydrogen-bond donors (Lipinski definition) is 1. The van der Waals surface area contributed by atoms with E-state index in [0.717, 1.165) is 11.1 Å². The van der Waals surface area contributed by atoms with Crippen molar-refractivity contribution in [2.24, 2.45) is 5.41 Å². The van der Waals surface area contributed by atoms with Crippen molar-refractivity contribution in [2.75, 3.05) is 0 Å². The van der Waals surface area contributed by atoms with Gasteiger partial charge in [0.05, 0.1) is 11.8 Å². The summed E-state index contributed by atoms with van der Waals surface area (Å²) in [5.41, 5.74) is 1.55. The molecule has 0 aromatic heterocycles. The number of nitrogens with one attached hydrogen (secondary N) is 1. The van der Waals surface area contributed by atoms with E-state index in [1.165, 1.54) is 0 Å². The van der Waals surface area contributed by atoms with Crippen LogP contribution in [0.2, 0.25) is 0 Å². The summed E-state index contributed by atoms with van der Waals surface area (Å²) < 4.78 is 27.9. The van der Waals surface area contributed by atoms with Crippen LogP contribution in [0.3, 0.4) is 0 Å². The SMILES string of the molecule is CC(C)(C)[C@H](NS(=O)(=O)Cc1ccccc1)c1ccccc1. The molecular weight excluding hydrogens is 294 g/mol. The van der Waals surface area contributed by atoms with E-state index in [1.54, 1.807) is 0 Å². The second-order valence-electron chi connectivity index (χ2n) is 6.57. The van der Waals surface area contributed by atoms with E-state index in [9.17, 15) is 8.42 Å². The van der Waals surface area contributed by atoms with Gasteiger partial charge in [-0.25, -0.2) is 13.1 Å². The zero-order valence-corrected chi connectivity index (χ0v) is 14.1. The molecular formula is C18H23NO2S. The minimum Gasteiger partial charge on any atom is -0.212 e. The van der Waals surface area contributed by atoms with Crippen molar-refractivity contribution in [2.45, 2.75) is 32.6 Å². The van der Waals surface area contributed by atoms with E-state index in [-0.39, 0.29) is 17.2 Å². The third-order valence-electron chi connectivity index (χ3n) is 3.50. The normalized spacial score (nSPS) is 13.8. The minimum atomic E-state index is -3.42. The highest BCUT2D eigenvalue weighted by atomic mass is 32.2. The molecule has 0 saturated heterocycles. The first kappa shape index (κ1) is 16.7. The average Bonchev–Trinajstić information content (AvgIpc) is 2.45. The molecule has 0 spiro atoms. The number of benzene rings is 2. The van der Waals surface area contributed by atoms with E-state index in [1.807, 2.05) is 81.4 Å². The molecule has 1 N–H and O–H groups in total. The van der Waals surface area contributed by atoms with Crippen molar-refractivity contribution in [1.82, 2.24) is 4.72 Å². The van der Waals surface area contributed by atoms with Crippen molar-refractivity contribution in [3.8, 4) is 0 Å². The average molecular weight is 317 g/mol. The van der Waals surface area contributed by atoms with Crippen LogP contribution in [0.25, 0.3) is 0 Å². The summed E-state index contributed by atoms with van der Waals surface area (Å²) in [7, 11) is -3.42. The maximum atomic E-state index is 12.5. The van der Waals surface area contributed by atoms with Gasteiger partial charge in [0.2, 0.25) is 10.0 Å². The first-order chi connectivity index (χ1) is 10.3. The van der Waals surface area contributed by atoms with Crippen LogP contribution < -0.4 is 4.72 Å². The molecule has 2 aromatic rings. The summed E-state index contributed by atoms with van der Waals surface area (Å²) in [6.07, 6.45) is 0. The van der Waals surface area contributed by atoms with Gasteiger partial charge in [-0.2, -0.15) is 0 Å². The van der Waals surface area contributed by atoms with Gasteiger partial charge in [0.15, 0.2) is 0 Å². The maximum absolute atomic E-state index is 12.5. The Balaban J connectivity index is 2.24. The van der Waals surface area contributed by atoms with Gasteiger partial charge in [-0.3, -0.25) is 0 Å². The van der Waals surface area contributed by atoms with Gasteiger partial charge in [0.25, 0.3) is 0 Å². The van der Waals surface area contributed by atoms with Crippen molar-refractivity contribution >= 4 is 10.0 Å². The Morgan fingerprint density at radius 1 is 0.909 bits per heavy atom. The van der Waals surface area contributed by atoms with Crippen LogP contribution in [-0.2, 0) is 15.8 Å². The van der Waals surface area contributed by atoms with E-state index < -0.39 is 10.0 Å². The maximum Gasteiger partial charge on any atom is 0.216 e. The third kappa shape index (κ3) is 4.68. The zero-order valence-electron chi connectivity index (χ0n) is 13.3. The van der Waals surface area contributed by atoms with Gasteiger partial charge in [0, 0.05) is 0 Å². The second kappa shape index (κ2) is 6.63. The lowest BCUT2D eigenvalue weighted by atomic mass is 9.83. The van der Waals surface area contributed by atoms with Gasteiger partial charge in [-0.15, -0.1) is 0 Å². The molecule has 0 radical (unpaired) electrons. The minimum absolute atomic E-state index is 0.00669. The first-order valence-electron chi connectivity index (χ1n) is 7.37. The lowest BCUT2D eigenvalue weighted by Gasteiger charge is -2.31. The second-order valence-corrected chi connectivity index (χ2v) is 8.33. The van der Waals surface area contributed by atoms with E-state index >= 15 is 0 Å². The summed E-state index contributed by atoms with van der Waals surface area (Å²) in [4.78, 5) is 0. The van der Waals surface area contributed by atoms with E-state index in [0.29, 0.717) is 0 Å². The zero-order chi connectivity index (χ0) is 16.2. The lowest BCUT2D eigenvalue weighted by molar-refractivity contribution is 0.304. The van der Waals surface area contributed by atoms with Gasteiger partial charge >= 0.3 is 0 Å². The molecule has 0 bridgehead atoms. The van der Waals surface area contributed by atoms with Crippen LogP contribution >= 0.6 is 0 Å². The van der Waals surface area contributed by atoms with E-state index in [4.69, 9.17) is 0 Å². The standard InChI is InChI=1S/C18H23NO2S/c1-18(2,3)17(16-12-8-5-9-13-16)19-22(20,21)14-15-10-6-4-7-11-15/h4-13,17,19H,14H2,1-3H3/t17-/m1/s1. The first-order valence-corrected chi connectivity index (χ1v) is 9.02. The molecule has 0 aliphatic heterocycles. The van der Waals surface area contributed by atoms with Crippen LogP contribution in [0.15, 0.2) is 60.7 Å². The monoisotopic (exact) mass is 317 g/mol. The molecule has 0 unspecified atom stereocenters. The van der Waals surface area contributed by atoms with Crippen molar-refractivity contribution in [3.63, 3.8) is 0 Å². The van der Waals surface area contributed by atoms with E-state index in [2.05, 4.69) is 4.72 Å². The quantitative estimate of drug-likeness (QED) is 0.909. The molecule has 2 aromatic carbocycles. The highest BCUT2D eigenvalue weighted by Crippen LogP contribution is 2.33. The fourth-order valence-corrected chi connectivity index (χ4v) is 3.97. The number of sulfonamides is 1. The Labute approximate surface area is 133 Å². The summed E-state index contributed by atoms with van der Waals surface area (Å²) >= 11 is 0. The van der Waals surface area contributed by atoms with Gasteiger partial charge in [-0.05, 0) is 16.5 Å². The molecule has 0 fully saturated rings. The summed E-state index contributed by atoms with van der Waals surface area (Å²) in [5.74, 6) is -0.00669. The Kier molecular flexibility index (Phi) is 5.04. The van der Waals surface area contributed by atoms with Crippen LogP contribution in [0.5, 0.6) is 0 Å². The summed E-state index contributed by atoms with van der Waals surface area (Å²) in [6.45, 7) is 6.11. The molecule has 0 saturated carbocycles. The largest absolute Gasteiger partial charge is 0.216 e. The van der Waals surface area contributed by atoms with Crippen LogP contribution in [-0.4, -0.2) is 8.42 Å². The predicted molar refractivity (Wildman–Crippen MR) is 90.8 cm³/mol. The molecule has 0 aliphatic rings. The summed E-state index contributed by atoms with van der Waals surface area (Å²) in [5, 5.41) is 0. The molecule has 2 rings (SSSR count). The van der Waals surface area contributed by atoms with Gasteiger partial charge in [0.1, 0.15) is 0 Å². The molecule has 4 heteroatoms. The smallest absolute Gasteiger partial charge is 0.212 e. The molecule has 0 heterocycles. The number of hydrogen-bond acceptors (Lipinski definition) is 2. The molecule has 3 nitrogen and oxygen atoms in total. The fourth-order valence-electron chi connectivity index (χ4n) is 2.41. The molecule has 118 valence electrons. The van der Waals surface area contributed by atoms with Crippen molar-refractivity contribution in [3.05, 3.63) is 71.8 Å². The van der Waals surface area contributed by atoms with Gasteiger partial charge < -0.3 is 0 Å². The van der Waals surface area contributed by atoms with Crippen LogP contribution in [0.4, 0.5) is 0 Å². The van der Waals surface area contributed by atoms with Crippen LogP contribution in [0, 0.1) is 5.41 Å². The molecule has 22 heavy (non-hydrogen) atoms. The van der Waals surface area contributed by atoms with Crippen molar-refractivity contribution < 1.29 is 8.42 Å². The molecule has 0 aliphatic carbocycles. The Morgan fingerprint density at radius 3 is 1.91 bits per heavy atom.